The molecule has 0 saturated heterocycles. The second-order valence-corrected chi connectivity index (χ2v) is 8.77. The highest BCUT2D eigenvalue weighted by molar-refractivity contribution is 7.20. The van der Waals surface area contributed by atoms with Gasteiger partial charge in [-0.15, -0.1) is 11.3 Å². The second-order valence-electron chi connectivity index (χ2n) is 7.12. The lowest BCUT2D eigenvalue weighted by Crippen LogP contribution is -1.98. The Morgan fingerprint density at radius 2 is 1.55 bits per heavy atom. The first kappa shape index (κ1) is 21.2. The molecule has 0 fully saturated rings. The van der Waals surface area contributed by atoms with Crippen molar-refractivity contribution in [1.29, 1.82) is 0 Å². The standard InChI is InChI=1S/C26H21ClO3S/c27-26-22(16-24(31-26)20-11-5-4-10-19(20)14-15-25(28)29)21-12-6-7-13-23(21)30-17-18-8-2-1-3-9-18/h1-13,16H,14-15,17H2,(H,28,29). The average Bonchev–Trinajstić information content (AvgIpc) is 3.18. The highest BCUT2D eigenvalue weighted by Gasteiger charge is 2.16. The number of hydrogen-bond donors (Lipinski definition) is 1. The Labute approximate surface area is 190 Å². The van der Waals surface area contributed by atoms with Crippen molar-refractivity contribution in [2.24, 2.45) is 0 Å². The Morgan fingerprint density at radius 3 is 2.32 bits per heavy atom. The summed E-state index contributed by atoms with van der Waals surface area (Å²) < 4.78 is 6.80. The molecule has 156 valence electrons. The number of benzene rings is 3. The summed E-state index contributed by atoms with van der Waals surface area (Å²) in [5.74, 6) is -0.0269. The number of halogens is 1. The van der Waals surface area contributed by atoms with Crippen molar-refractivity contribution in [2.75, 3.05) is 0 Å². The van der Waals surface area contributed by atoms with Gasteiger partial charge in [-0.25, -0.2) is 0 Å². The summed E-state index contributed by atoms with van der Waals surface area (Å²) >= 11 is 8.16. The molecule has 0 saturated carbocycles. The molecule has 1 N–H and O–H groups in total. The van der Waals surface area contributed by atoms with Crippen molar-refractivity contribution < 1.29 is 14.6 Å². The van der Waals surface area contributed by atoms with E-state index < -0.39 is 5.97 Å². The Morgan fingerprint density at radius 1 is 0.871 bits per heavy atom. The highest BCUT2D eigenvalue weighted by atomic mass is 35.5. The van der Waals surface area contributed by atoms with Gasteiger partial charge in [-0.3, -0.25) is 4.79 Å². The van der Waals surface area contributed by atoms with E-state index in [1.807, 2.05) is 78.9 Å². The van der Waals surface area contributed by atoms with Gasteiger partial charge in [0.25, 0.3) is 0 Å². The van der Waals surface area contributed by atoms with E-state index in [2.05, 4.69) is 6.07 Å². The van der Waals surface area contributed by atoms with Crippen molar-refractivity contribution in [3.63, 3.8) is 0 Å². The summed E-state index contributed by atoms with van der Waals surface area (Å²) in [6, 6.07) is 27.9. The van der Waals surface area contributed by atoms with Crippen LogP contribution in [0.3, 0.4) is 0 Å². The fraction of sp³-hybridized carbons (Fsp3) is 0.115. The average molecular weight is 449 g/mol. The molecule has 0 aliphatic carbocycles. The minimum absolute atomic E-state index is 0.0964. The van der Waals surface area contributed by atoms with Crippen molar-refractivity contribution in [3.8, 4) is 27.3 Å². The van der Waals surface area contributed by atoms with E-state index in [9.17, 15) is 4.79 Å². The number of rotatable bonds is 8. The second kappa shape index (κ2) is 9.82. The van der Waals surface area contributed by atoms with Gasteiger partial charge >= 0.3 is 5.97 Å². The van der Waals surface area contributed by atoms with Gasteiger partial charge in [0, 0.05) is 22.4 Å². The predicted molar refractivity (Wildman–Crippen MR) is 127 cm³/mol. The smallest absolute Gasteiger partial charge is 0.303 e. The van der Waals surface area contributed by atoms with Crippen LogP contribution in [0.15, 0.2) is 84.9 Å². The van der Waals surface area contributed by atoms with E-state index in [0.717, 1.165) is 38.4 Å². The highest BCUT2D eigenvalue weighted by Crippen LogP contribution is 2.44. The molecule has 3 nitrogen and oxygen atoms in total. The molecule has 1 aromatic heterocycles. The number of para-hydroxylation sites is 1. The first-order valence-electron chi connectivity index (χ1n) is 9.97. The zero-order valence-corrected chi connectivity index (χ0v) is 18.3. The number of carboxylic acid groups (broad SMARTS) is 1. The molecule has 1 heterocycles. The minimum atomic E-state index is -0.802. The van der Waals surface area contributed by atoms with Crippen LogP contribution >= 0.6 is 22.9 Å². The third kappa shape index (κ3) is 5.16. The molecule has 0 amide bonds. The van der Waals surface area contributed by atoms with Gasteiger partial charge in [-0.2, -0.15) is 0 Å². The summed E-state index contributed by atoms with van der Waals surface area (Å²) in [5.41, 5.74) is 4.97. The summed E-state index contributed by atoms with van der Waals surface area (Å²) in [5, 5.41) is 9.06. The van der Waals surface area contributed by atoms with Crippen LogP contribution in [-0.4, -0.2) is 11.1 Å². The van der Waals surface area contributed by atoms with Crippen LogP contribution < -0.4 is 4.74 Å². The van der Waals surface area contributed by atoms with Gasteiger partial charge < -0.3 is 9.84 Å². The zero-order chi connectivity index (χ0) is 21.6. The molecule has 0 spiro atoms. The molecule has 4 aromatic rings. The van der Waals surface area contributed by atoms with Gasteiger partial charge in [-0.1, -0.05) is 84.4 Å². The number of hydrogen-bond acceptors (Lipinski definition) is 3. The van der Waals surface area contributed by atoms with Crippen LogP contribution in [0, 0.1) is 0 Å². The molecular formula is C26H21ClO3S. The first-order valence-corrected chi connectivity index (χ1v) is 11.2. The molecule has 0 aliphatic heterocycles. The monoisotopic (exact) mass is 448 g/mol. The fourth-order valence-electron chi connectivity index (χ4n) is 3.46. The molecular weight excluding hydrogens is 428 g/mol. The number of carboxylic acids is 1. The Bertz CT molecular complexity index is 1180. The lowest BCUT2D eigenvalue weighted by Gasteiger charge is -2.11. The van der Waals surface area contributed by atoms with Crippen LogP contribution in [0.5, 0.6) is 5.75 Å². The number of aryl methyl sites for hydroxylation is 1. The number of aliphatic carboxylic acids is 1. The normalized spacial score (nSPS) is 10.7. The topological polar surface area (TPSA) is 46.5 Å². The SMILES string of the molecule is O=C(O)CCc1ccccc1-c1cc(-c2ccccc2OCc2ccccc2)c(Cl)s1. The molecule has 5 heteroatoms. The lowest BCUT2D eigenvalue weighted by atomic mass is 10.0. The van der Waals surface area contributed by atoms with Crippen molar-refractivity contribution in [3.05, 3.63) is 100 Å². The third-order valence-corrected chi connectivity index (χ3v) is 6.38. The van der Waals surface area contributed by atoms with Gasteiger partial charge in [0.15, 0.2) is 0 Å². The Hall–Kier alpha value is -3.08. The molecule has 4 rings (SSSR count). The van der Waals surface area contributed by atoms with Crippen molar-refractivity contribution in [2.45, 2.75) is 19.4 Å². The first-order chi connectivity index (χ1) is 15.1. The maximum atomic E-state index is 11.0. The van der Waals surface area contributed by atoms with Crippen LogP contribution in [0.2, 0.25) is 4.34 Å². The van der Waals surface area contributed by atoms with E-state index in [1.165, 1.54) is 11.3 Å². The van der Waals surface area contributed by atoms with E-state index in [1.54, 1.807) is 0 Å². The van der Waals surface area contributed by atoms with Crippen molar-refractivity contribution >= 4 is 28.9 Å². The summed E-state index contributed by atoms with van der Waals surface area (Å²) in [6.07, 6.45) is 0.576. The molecule has 0 radical (unpaired) electrons. The van der Waals surface area contributed by atoms with E-state index in [0.29, 0.717) is 17.4 Å². The Kier molecular flexibility index (Phi) is 6.70. The number of ether oxygens (including phenoxy) is 1. The van der Waals surface area contributed by atoms with Crippen LogP contribution in [0.25, 0.3) is 21.6 Å². The largest absolute Gasteiger partial charge is 0.488 e. The number of thiophene rings is 1. The van der Waals surface area contributed by atoms with Gasteiger partial charge in [-0.05, 0) is 35.2 Å². The maximum Gasteiger partial charge on any atom is 0.303 e. The molecule has 0 unspecified atom stereocenters. The van der Waals surface area contributed by atoms with Crippen LogP contribution in [0.1, 0.15) is 17.5 Å². The summed E-state index contributed by atoms with van der Waals surface area (Å²) in [6.45, 7) is 0.477. The minimum Gasteiger partial charge on any atom is -0.488 e. The fourth-order valence-corrected chi connectivity index (χ4v) is 4.82. The summed E-state index contributed by atoms with van der Waals surface area (Å²) in [4.78, 5) is 12.0. The van der Waals surface area contributed by atoms with E-state index in [-0.39, 0.29) is 6.42 Å². The molecule has 0 atom stereocenters. The van der Waals surface area contributed by atoms with Gasteiger partial charge in [0.1, 0.15) is 16.7 Å². The Balaban J connectivity index is 1.64. The van der Waals surface area contributed by atoms with Gasteiger partial charge in [0.05, 0.1) is 0 Å². The maximum absolute atomic E-state index is 11.0. The van der Waals surface area contributed by atoms with Crippen LogP contribution in [-0.2, 0) is 17.8 Å². The van der Waals surface area contributed by atoms with Gasteiger partial charge in [0.2, 0.25) is 0 Å². The zero-order valence-electron chi connectivity index (χ0n) is 16.8. The molecule has 31 heavy (non-hydrogen) atoms. The van der Waals surface area contributed by atoms with E-state index in [4.69, 9.17) is 21.4 Å². The lowest BCUT2D eigenvalue weighted by molar-refractivity contribution is -0.136. The number of carbonyl (C=O) groups is 1. The van der Waals surface area contributed by atoms with Crippen LogP contribution in [0.4, 0.5) is 0 Å². The summed E-state index contributed by atoms with van der Waals surface area (Å²) in [7, 11) is 0. The molecule has 0 bridgehead atoms. The van der Waals surface area contributed by atoms with Crippen molar-refractivity contribution in [1.82, 2.24) is 0 Å². The quantitative estimate of drug-likeness (QED) is 0.307. The predicted octanol–water partition coefficient (Wildman–Crippen LogP) is 7.33. The molecule has 0 aliphatic rings. The third-order valence-electron chi connectivity index (χ3n) is 4.99. The molecule has 3 aromatic carbocycles. The van der Waals surface area contributed by atoms with E-state index >= 15 is 0 Å².